The van der Waals surface area contributed by atoms with Crippen molar-refractivity contribution in [3.05, 3.63) is 118 Å². The molecular weight excluding hydrogens is 666 g/mol. The van der Waals surface area contributed by atoms with Crippen molar-refractivity contribution in [2.75, 3.05) is 14.1 Å². The lowest BCUT2D eigenvalue weighted by Gasteiger charge is -2.19. The lowest BCUT2D eigenvalue weighted by atomic mass is 9.77. The topological polar surface area (TPSA) is 105 Å². The molecule has 54 heavy (non-hydrogen) atoms. The molecule has 0 heterocycles. The van der Waals surface area contributed by atoms with Gasteiger partial charge in [-0.2, -0.15) is 0 Å². The summed E-state index contributed by atoms with van der Waals surface area (Å²) in [6.07, 6.45) is 18.7. The normalized spacial score (nSPS) is 11.5. The van der Waals surface area contributed by atoms with Gasteiger partial charge in [0.15, 0.2) is 0 Å². The standard InChI is InChI=1S/C46H62B2N2O4/c1-4-5-6-7-8-9-10-11-12-13-14-15-17-34-20-25-44-39(26-34)28-38-19-16-18-37(27-35-21-23-42(47(51)52)29-40(35)32-49-2)46(38)45(44)31-36-22-24-43(48(53)54)30-41(36)33-50-3/h16,18-26,28-30,49-54H,4-15,17,27,31-33H2,1-3H3. The average Bonchev–Trinajstić information content (AvgIpc) is 3.16. The number of benzene rings is 5. The van der Waals surface area contributed by atoms with Gasteiger partial charge in [-0.1, -0.05) is 150 Å². The van der Waals surface area contributed by atoms with Crippen LogP contribution in [0.15, 0.2) is 78.9 Å². The second-order valence-electron chi connectivity index (χ2n) is 15.3. The quantitative estimate of drug-likeness (QED) is 0.0241. The fourth-order valence-corrected chi connectivity index (χ4v) is 8.14. The molecule has 0 bridgehead atoms. The van der Waals surface area contributed by atoms with E-state index in [0.717, 1.165) is 28.7 Å². The predicted octanol–water partition coefficient (Wildman–Crippen LogP) is 7.22. The zero-order valence-electron chi connectivity index (χ0n) is 33.0. The van der Waals surface area contributed by atoms with Crippen LogP contribution in [0.4, 0.5) is 0 Å². The minimum Gasteiger partial charge on any atom is -0.423 e. The number of hydrogen-bond acceptors (Lipinski definition) is 6. The maximum Gasteiger partial charge on any atom is 0.488 e. The van der Waals surface area contributed by atoms with E-state index in [9.17, 15) is 20.1 Å². The van der Waals surface area contributed by atoms with Crippen LogP contribution < -0.4 is 21.6 Å². The molecule has 0 radical (unpaired) electrons. The predicted molar refractivity (Wildman–Crippen MR) is 230 cm³/mol. The Labute approximate surface area is 324 Å². The highest BCUT2D eigenvalue weighted by atomic mass is 16.4. The Kier molecular flexibility index (Phi) is 16.6. The van der Waals surface area contributed by atoms with Gasteiger partial charge in [0.2, 0.25) is 0 Å². The van der Waals surface area contributed by atoms with Gasteiger partial charge in [0.25, 0.3) is 0 Å². The van der Waals surface area contributed by atoms with Crippen molar-refractivity contribution in [3.63, 3.8) is 0 Å². The molecular formula is C46H62B2N2O4. The van der Waals surface area contributed by atoms with E-state index in [-0.39, 0.29) is 0 Å². The minimum absolute atomic E-state index is 0.487. The fourth-order valence-electron chi connectivity index (χ4n) is 8.14. The van der Waals surface area contributed by atoms with E-state index in [4.69, 9.17) is 0 Å². The first-order valence-corrected chi connectivity index (χ1v) is 20.5. The van der Waals surface area contributed by atoms with Gasteiger partial charge in [0.05, 0.1) is 0 Å². The SMILES string of the molecule is CCCCCCCCCCCCCCc1ccc2c(Cc3ccc(B(O)O)cc3CNC)c3c(Cc4ccc(B(O)O)cc4CNC)cccc3cc2c1. The maximum atomic E-state index is 9.96. The molecule has 5 aromatic rings. The molecule has 0 fully saturated rings. The van der Waals surface area contributed by atoms with Crippen molar-refractivity contribution in [1.29, 1.82) is 0 Å². The Morgan fingerprint density at radius 2 is 1.06 bits per heavy atom. The molecule has 6 nitrogen and oxygen atoms in total. The second kappa shape index (κ2) is 21.6. The molecule has 6 N–H and O–H groups in total. The lowest BCUT2D eigenvalue weighted by molar-refractivity contribution is 0.424. The molecule has 0 saturated heterocycles. The van der Waals surface area contributed by atoms with Crippen molar-refractivity contribution in [1.82, 2.24) is 10.6 Å². The van der Waals surface area contributed by atoms with Gasteiger partial charge in [-0.15, -0.1) is 0 Å². The van der Waals surface area contributed by atoms with Crippen molar-refractivity contribution >= 4 is 46.7 Å². The van der Waals surface area contributed by atoms with Crippen LogP contribution in [0.5, 0.6) is 0 Å². The van der Waals surface area contributed by atoms with Gasteiger partial charge in [0.1, 0.15) is 0 Å². The number of nitrogens with one attached hydrogen (secondary N) is 2. The Hall–Kier alpha value is -3.49. The number of hydrogen-bond donors (Lipinski definition) is 6. The third-order valence-corrected chi connectivity index (χ3v) is 11.1. The zero-order chi connectivity index (χ0) is 38.3. The van der Waals surface area contributed by atoms with E-state index in [1.165, 1.54) is 115 Å². The summed E-state index contributed by atoms with van der Waals surface area (Å²) in [6.45, 7) is 3.52. The highest BCUT2D eigenvalue weighted by Gasteiger charge is 2.19. The van der Waals surface area contributed by atoms with Crippen molar-refractivity contribution in [3.8, 4) is 0 Å². The molecule has 0 saturated carbocycles. The summed E-state index contributed by atoms with van der Waals surface area (Å²) in [6, 6.07) is 27.5. The monoisotopic (exact) mass is 728 g/mol. The summed E-state index contributed by atoms with van der Waals surface area (Å²) < 4.78 is 0. The van der Waals surface area contributed by atoms with Gasteiger partial charge in [-0.25, -0.2) is 0 Å². The molecule has 0 unspecified atom stereocenters. The molecule has 0 atom stereocenters. The molecule has 5 aromatic carbocycles. The summed E-state index contributed by atoms with van der Waals surface area (Å²) in [4.78, 5) is 0. The van der Waals surface area contributed by atoms with Crippen LogP contribution in [0.1, 0.15) is 123 Å². The number of aryl methyl sites for hydroxylation is 1. The summed E-state index contributed by atoms with van der Waals surface area (Å²) in [7, 11) is 0.789. The van der Waals surface area contributed by atoms with Crippen LogP contribution in [0.25, 0.3) is 21.5 Å². The average molecular weight is 729 g/mol. The first kappa shape index (κ1) is 41.7. The molecule has 0 aliphatic heterocycles. The van der Waals surface area contributed by atoms with E-state index in [1.54, 1.807) is 6.07 Å². The minimum atomic E-state index is -1.52. The number of unbranched alkanes of at least 4 members (excludes halogenated alkanes) is 11. The van der Waals surface area contributed by atoms with Crippen LogP contribution in [-0.2, 0) is 32.4 Å². The Morgan fingerprint density at radius 3 is 1.61 bits per heavy atom. The first-order valence-electron chi connectivity index (χ1n) is 20.5. The smallest absolute Gasteiger partial charge is 0.423 e. The molecule has 0 aliphatic rings. The van der Waals surface area contributed by atoms with E-state index in [0.29, 0.717) is 36.9 Å². The van der Waals surface area contributed by atoms with Gasteiger partial charge in [-0.3, -0.25) is 0 Å². The highest BCUT2D eigenvalue weighted by Crippen LogP contribution is 2.35. The van der Waals surface area contributed by atoms with E-state index < -0.39 is 14.2 Å². The molecule has 5 rings (SSSR count). The molecule has 8 heteroatoms. The van der Waals surface area contributed by atoms with Crippen LogP contribution in [0.3, 0.4) is 0 Å². The fraction of sp³-hybridized carbons (Fsp3) is 0.435. The third-order valence-electron chi connectivity index (χ3n) is 11.1. The van der Waals surface area contributed by atoms with Crippen molar-refractivity contribution < 1.29 is 20.1 Å². The molecule has 286 valence electrons. The molecule has 0 spiro atoms. The summed E-state index contributed by atoms with van der Waals surface area (Å²) >= 11 is 0. The lowest BCUT2D eigenvalue weighted by Crippen LogP contribution is -2.30. The van der Waals surface area contributed by atoms with Gasteiger partial charge >= 0.3 is 14.2 Å². The summed E-state index contributed by atoms with van der Waals surface area (Å²) in [5.41, 5.74) is 9.22. The van der Waals surface area contributed by atoms with Crippen LogP contribution in [-0.4, -0.2) is 48.4 Å². The Morgan fingerprint density at radius 1 is 0.500 bits per heavy atom. The van der Waals surface area contributed by atoms with Gasteiger partial charge < -0.3 is 30.7 Å². The van der Waals surface area contributed by atoms with Crippen molar-refractivity contribution in [2.24, 2.45) is 0 Å². The van der Waals surface area contributed by atoms with Crippen molar-refractivity contribution in [2.45, 2.75) is 116 Å². The second-order valence-corrected chi connectivity index (χ2v) is 15.3. The molecule has 0 aromatic heterocycles. The molecule has 0 aliphatic carbocycles. The van der Waals surface area contributed by atoms with Gasteiger partial charge in [0, 0.05) is 13.1 Å². The van der Waals surface area contributed by atoms with Crippen LogP contribution in [0, 0.1) is 0 Å². The third kappa shape index (κ3) is 11.5. The first-order chi connectivity index (χ1) is 26.3. The van der Waals surface area contributed by atoms with E-state index in [2.05, 4.69) is 60.0 Å². The van der Waals surface area contributed by atoms with Crippen LogP contribution in [0.2, 0.25) is 0 Å². The Bertz CT molecular complexity index is 1930. The maximum absolute atomic E-state index is 9.96. The van der Waals surface area contributed by atoms with Crippen LogP contribution >= 0.6 is 0 Å². The zero-order valence-corrected chi connectivity index (χ0v) is 33.0. The number of fused-ring (bicyclic) bond motifs is 2. The summed E-state index contributed by atoms with van der Waals surface area (Å²) in [5.74, 6) is 0. The largest absolute Gasteiger partial charge is 0.488 e. The highest BCUT2D eigenvalue weighted by molar-refractivity contribution is 6.59. The van der Waals surface area contributed by atoms with E-state index >= 15 is 0 Å². The number of rotatable bonds is 23. The molecule has 0 amide bonds. The Balaban J connectivity index is 1.43. The van der Waals surface area contributed by atoms with E-state index in [1.807, 2.05) is 44.4 Å². The van der Waals surface area contributed by atoms with Gasteiger partial charge in [-0.05, 0) is 117 Å². The summed E-state index contributed by atoms with van der Waals surface area (Å²) in [5, 5.41) is 51.1.